The van der Waals surface area contributed by atoms with Crippen molar-refractivity contribution in [2.75, 3.05) is 13.1 Å². The van der Waals surface area contributed by atoms with Crippen molar-refractivity contribution in [2.45, 2.75) is 147 Å². The minimum Gasteiger partial charge on any atom is 0 e. The second-order valence-electron chi connectivity index (χ2n) is 17.0. The van der Waals surface area contributed by atoms with Crippen LogP contribution in [0.1, 0.15) is 129 Å². The summed E-state index contributed by atoms with van der Waals surface area (Å²) in [5.41, 5.74) is 14.5. The summed E-state index contributed by atoms with van der Waals surface area (Å²) in [5, 5.41) is 9.04. The smallest absolute Gasteiger partial charge is 0 e. The molecule has 6 heteroatoms. The zero-order valence-corrected chi connectivity index (χ0v) is 36.9. The van der Waals surface area contributed by atoms with Crippen molar-refractivity contribution < 1.29 is 19.5 Å². The van der Waals surface area contributed by atoms with Crippen molar-refractivity contribution in [2.24, 2.45) is 5.92 Å². The van der Waals surface area contributed by atoms with E-state index in [2.05, 4.69) is 101 Å². The molecule has 1 saturated heterocycles. The Bertz CT molecular complexity index is 1720. The molecular formula is C46H63Cl2N2PRu. The van der Waals surface area contributed by atoms with Crippen LogP contribution in [0.25, 0.3) is 5.57 Å². The molecule has 2 unspecified atom stereocenters. The first kappa shape index (κ1) is 40.3. The Morgan fingerprint density at radius 3 is 1.77 bits per heavy atom. The molecule has 0 radical (unpaired) electrons. The minimum atomic E-state index is -3.48. The van der Waals surface area contributed by atoms with Crippen LogP contribution in [-0.4, -0.2) is 29.0 Å². The molecule has 7 rings (SSSR count). The van der Waals surface area contributed by atoms with Crippen molar-refractivity contribution in [1.82, 2.24) is 10.6 Å². The molecule has 2 atom stereocenters. The Kier molecular flexibility index (Phi) is 12.4. The number of allylic oxidation sites excluding steroid dienone is 7. The first-order chi connectivity index (χ1) is 24.5. The zero-order valence-electron chi connectivity index (χ0n) is 32.7. The summed E-state index contributed by atoms with van der Waals surface area (Å²) in [4.78, 5) is 0. The van der Waals surface area contributed by atoms with Crippen LogP contribution >= 0.6 is 28.8 Å². The van der Waals surface area contributed by atoms with Gasteiger partial charge in [0.15, 0.2) is 0 Å². The van der Waals surface area contributed by atoms with Gasteiger partial charge in [0.05, 0.1) is 0 Å². The molecule has 284 valence electrons. The number of hydrogen-bond acceptors (Lipinski definition) is 2. The van der Waals surface area contributed by atoms with Gasteiger partial charge in [0, 0.05) is 19.5 Å². The molecule has 1 heterocycles. The summed E-state index contributed by atoms with van der Waals surface area (Å²) in [6.45, 7) is 15.7. The molecule has 4 aliphatic carbocycles. The molecule has 2 N–H and O–H groups in total. The van der Waals surface area contributed by atoms with Gasteiger partial charge in [-0.3, -0.25) is 0 Å². The number of nitrogens with one attached hydrogen (secondary N) is 2. The van der Waals surface area contributed by atoms with Gasteiger partial charge in [-0.25, -0.2) is 0 Å². The zero-order chi connectivity index (χ0) is 36.0. The van der Waals surface area contributed by atoms with E-state index in [4.69, 9.17) is 11.6 Å². The fourth-order valence-corrected chi connectivity index (χ4v) is 24.4. The topological polar surface area (TPSA) is 24.1 Å². The fraction of sp³-hybridized carbons (Fsp3) is 0.565. The molecular weight excluding hydrogens is 783 g/mol. The molecule has 0 aromatic heterocycles. The normalized spacial score (nSPS) is 26.3. The third kappa shape index (κ3) is 6.57. The number of benzene rings is 2. The summed E-state index contributed by atoms with van der Waals surface area (Å²) < 4.78 is -0.572. The maximum Gasteiger partial charge on any atom is 0 e. The second kappa shape index (κ2) is 16.0. The van der Waals surface area contributed by atoms with Gasteiger partial charge in [-0.1, -0.05) is 0 Å². The van der Waals surface area contributed by atoms with Crippen LogP contribution in [0, 0.1) is 47.5 Å². The van der Waals surface area contributed by atoms with Crippen molar-refractivity contribution in [1.29, 1.82) is 0 Å². The van der Waals surface area contributed by atoms with Crippen LogP contribution in [0.15, 0.2) is 65.5 Å². The standard InChI is InChI=1S/C46H63Cl2N2P.Ru/c1-31-26-33(3)42(34(4)27-31)41-22-15-16-37(43(41)45-49-24-25-50-45)30-38-17-13-14-23-46(38,47)51(48,39-18-9-7-10-19-39,40-20-11-8-12-21-40)44-35(5)28-32(2)29-36(44)6;/h15-16,22,26-30,37,39-40,49-50H,7-14,17-21,23-25H2,1-6H3;. The number of aryl methyl sites for hydroxylation is 6. The molecule has 0 spiro atoms. The first-order valence-electron chi connectivity index (χ1n) is 20.4. The number of rotatable bonds is 6. The molecule has 52 heavy (non-hydrogen) atoms. The van der Waals surface area contributed by atoms with Crippen LogP contribution in [0.2, 0.25) is 0 Å². The van der Waals surface area contributed by atoms with Crippen molar-refractivity contribution >= 4 is 39.7 Å². The maximum atomic E-state index is 9.41. The van der Waals surface area contributed by atoms with Gasteiger partial charge in [0.2, 0.25) is 0 Å². The van der Waals surface area contributed by atoms with Crippen LogP contribution in [0.3, 0.4) is 0 Å². The second-order valence-corrected chi connectivity index (χ2v) is 25.1. The Balaban J connectivity index is 0.00000464. The summed E-state index contributed by atoms with van der Waals surface area (Å²) in [6, 6.07) is 9.57. The number of alkyl halides is 1. The molecule has 2 aromatic carbocycles. The Labute approximate surface area is 338 Å². The van der Waals surface area contributed by atoms with E-state index in [-0.39, 0.29) is 25.4 Å². The molecule has 3 saturated carbocycles. The number of hydrogen-bond donors (Lipinski definition) is 2. The van der Waals surface area contributed by atoms with Crippen LogP contribution in [0.5, 0.6) is 0 Å². The predicted molar refractivity (Wildman–Crippen MR) is 226 cm³/mol. The van der Waals surface area contributed by atoms with Crippen LogP contribution in [-0.2, 0) is 19.5 Å². The van der Waals surface area contributed by atoms with Gasteiger partial charge in [0.25, 0.3) is 0 Å². The van der Waals surface area contributed by atoms with Gasteiger partial charge in [-0.2, -0.15) is 0 Å². The third-order valence-electron chi connectivity index (χ3n) is 13.6. The molecule has 4 fully saturated rings. The minimum absolute atomic E-state index is 0. The van der Waals surface area contributed by atoms with E-state index in [1.165, 1.54) is 137 Å². The van der Waals surface area contributed by atoms with Crippen LogP contribution in [0.4, 0.5) is 0 Å². The number of halogens is 2. The quantitative estimate of drug-likeness (QED) is 0.131. The molecule has 1 aliphatic heterocycles. The van der Waals surface area contributed by atoms with Crippen molar-refractivity contribution in [3.05, 3.63) is 104 Å². The largest absolute Gasteiger partial charge is 0 e. The summed E-state index contributed by atoms with van der Waals surface area (Å²) in [6.07, 6.45) is 26.7. The molecule has 2 aromatic rings. The maximum absolute atomic E-state index is 9.41. The van der Waals surface area contributed by atoms with E-state index in [9.17, 15) is 11.2 Å². The molecule has 0 amide bonds. The van der Waals surface area contributed by atoms with Gasteiger partial charge >= 0.3 is 321 Å². The predicted octanol–water partition coefficient (Wildman–Crippen LogP) is 12.6. The Hall–Kier alpha value is -1.37. The SMILES string of the molecule is Cc1cc(C)c(C2=CC=CC(C=C3CCCCC3(Cl)P(Cl)(c3c(C)cc(C)cc3C)(C3CCCCC3)C3CCCCC3)C2=C2NCCN2)c(C)c1.[Ru]. The Morgan fingerprint density at radius 1 is 0.712 bits per heavy atom. The van der Waals surface area contributed by atoms with E-state index in [0.717, 1.165) is 32.4 Å². The van der Waals surface area contributed by atoms with E-state index in [0.29, 0.717) is 11.3 Å². The van der Waals surface area contributed by atoms with Crippen molar-refractivity contribution in [3.63, 3.8) is 0 Å². The first-order valence-corrected chi connectivity index (χ1v) is 24.0. The van der Waals surface area contributed by atoms with E-state index < -0.39 is 10.6 Å². The summed E-state index contributed by atoms with van der Waals surface area (Å²) in [7, 11) is 0. The molecule has 5 aliphatic rings. The average molecular weight is 847 g/mol. The van der Waals surface area contributed by atoms with E-state index >= 15 is 0 Å². The summed E-state index contributed by atoms with van der Waals surface area (Å²) in [5.74, 6) is -2.20. The monoisotopic (exact) mass is 846 g/mol. The fourth-order valence-electron chi connectivity index (χ4n) is 12.0. The molecule has 0 bridgehead atoms. The average Bonchev–Trinajstić information content (AvgIpc) is 3.64. The van der Waals surface area contributed by atoms with E-state index in [1.807, 2.05) is 0 Å². The van der Waals surface area contributed by atoms with Gasteiger partial charge in [-0.05, 0) is 0 Å². The van der Waals surface area contributed by atoms with Gasteiger partial charge in [-0.15, -0.1) is 0 Å². The van der Waals surface area contributed by atoms with Gasteiger partial charge < -0.3 is 0 Å². The third-order valence-corrected chi connectivity index (χ3v) is 25.9. The van der Waals surface area contributed by atoms with Crippen molar-refractivity contribution in [3.8, 4) is 0 Å². The molecule has 2 nitrogen and oxygen atoms in total. The van der Waals surface area contributed by atoms with Gasteiger partial charge in [0.1, 0.15) is 0 Å². The van der Waals surface area contributed by atoms with E-state index in [1.54, 1.807) is 0 Å². The summed E-state index contributed by atoms with van der Waals surface area (Å²) >= 11 is 18.3. The Morgan fingerprint density at radius 2 is 1.23 bits per heavy atom. The van der Waals surface area contributed by atoms with Crippen LogP contribution < -0.4 is 15.9 Å².